The van der Waals surface area contributed by atoms with E-state index >= 15 is 0 Å². The molecule has 0 bridgehead atoms. The number of anilines is 1. The molecule has 0 saturated carbocycles. The molecular formula is C22H26ClN3O3. The van der Waals surface area contributed by atoms with Crippen molar-refractivity contribution in [1.82, 2.24) is 9.80 Å². The monoisotopic (exact) mass is 415 g/mol. The van der Waals surface area contributed by atoms with Gasteiger partial charge in [0.15, 0.2) is 0 Å². The zero-order valence-corrected chi connectivity index (χ0v) is 17.3. The maximum absolute atomic E-state index is 12.6. The van der Waals surface area contributed by atoms with Crippen molar-refractivity contribution in [1.29, 1.82) is 0 Å². The molecule has 0 radical (unpaired) electrons. The second-order valence-corrected chi connectivity index (χ2v) is 7.40. The summed E-state index contributed by atoms with van der Waals surface area (Å²) in [4.78, 5) is 28.7. The van der Waals surface area contributed by atoms with E-state index in [4.69, 9.17) is 16.3 Å². The lowest BCUT2D eigenvalue weighted by Gasteiger charge is -2.34. The Morgan fingerprint density at radius 1 is 1.03 bits per heavy atom. The maximum Gasteiger partial charge on any atom is 0.238 e. The summed E-state index contributed by atoms with van der Waals surface area (Å²) < 4.78 is 5.35. The SMILES string of the molecule is COc1ccccc1CCC(=O)N1CCN(CC(=O)Nc2ccccc2Cl)CC1. The Kier molecular flexibility index (Phi) is 7.49. The molecule has 29 heavy (non-hydrogen) atoms. The Morgan fingerprint density at radius 2 is 1.72 bits per heavy atom. The average molecular weight is 416 g/mol. The van der Waals surface area contributed by atoms with Crippen molar-refractivity contribution in [3.8, 4) is 5.75 Å². The summed E-state index contributed by atoms with van der Waals surface area (Å²) in [5.74, 6) is 0.847. The number of nitrogens with zero attached hydrogens (tertiary/aromatic N) is 2. The van der Waals surface area contributed by atoms with E-state index in [0.717, 1.165) is 11.3 Å². The summed E-state index contributed by atoms with van der Waals surface area (Å²) in [6.45, 7) is 2.90. The number of carbonyl (C=O) groups excluding carboxylic acids is 2. The number of benzene rings is 2. The number of para-hydroxylation sites is 2. The van der Waals surface area contributed by atoms with E-state index in [-0.39, 0.29) is 18.4 Å². The first-order chi connectivity index (χ1) is 14.1. The summed E-state index contributed by atoms with van der Waals surface area (Å²) in [5, 5.41) is 3.36. The highest BCUT2D eigenvalue weighted by Gasteiger charge is 2.22. The zero-order valence-electron chi connectivity index (χ0n) is 16.6. The van der Waals surface area contributed by atoms with Crippen LogP contribution in [0.1, 0.15) is 12.0 Å². The zero-order chi connectivity index (χ0) is 20.6. The molecule has 0 unspecified atom stereocenters. The predicted molar refractivity (Wildman–Crippen MR) is 114 cm³/mol. The van der Waals surface area contributed by atoms with Gasteiger partial charge in [-0.2, -0.15) is 0 Å². The van der Waals surface area contributed by atoms with Gasteiger partial charge in [0.2, 0.25) is 11.8 Å². The quantitative estimate of drug-likeness (QED) is 0.755. The Bertz CT molecular complexity index is 851. The number of hydrogen-bond acceptors (Lipinski definition) is 4. The standard InChI is InChI=1S/C22H26ClN3O3/c1-29-20-9-5-2-6-17(20)10-11-22(28)26-14-12-25(13-15-26)16-21(27)24-19-8-4-3-7-18(19)23/h2-9H,10-16H2,1H3,(H,24,27). The van der Waals surface area contributed by atoms with Crippen LogP contribution in [0.25, 0.3) is 0 Å². The highest BCUT2D eigenvalue weighted by molar-refractivity contribution is 6.33. The lowest BCUT2D eigenvalue weighted by molar-refractivity contribution is -0.133. The lowest BCUT2D eigenvalue weighted by Crippen LogP contribution is -2.50. The van der Waals surface area contributed by atoms with Gasteiger partial charge in [0.1, 0.15) is 5.75 Å². The summed E-state index contributed by atoms with van der Waals surface area (Å²) in [6.07, 6.45) is 1.11. The van der Waals surface area contributed by atoms with Crippen molar-refractivity contribution < 1.29 is 14.3 Å². The summed E-state index contributed by atoms with van der Waals surface area (Å²) in [7, 11) is 1.64. The minimum Gasteiger partial charge on any atom is -0.496 e. The molecule has 1 saturated heterocycles. The van der Waals surface area contributed by atoms with Gasteiger partial charge in [-0.1, -0.05) is 41.9 Å². The van der Waals surface area contributed by atoms with Gasteiger partial charge in [-0.25, -0.2) is 0 Å². The largest absolute Gasteiger partial charge is 0.496 e. The molecule has 1 fully saturated rings. The Labute approximate surface area is 176 Å². The fraction of sp³-hybridized carbons (Fsp3) is 0.364. The van der Waals surface area contributed by atoms with Crippen molar-refractivity contribution in [2.24, 2.45) is 0 Å². The molecule has 154 valence electrons. The maximum atomic E-state index is 12.6. The van der Waals surface area contributed by atoms with Crippen LogP contribution in [0, 0.1) is 0 Å². The third-order valence-corrected chi connectivity index (χ3v) is 5.37. The molecule has 0 atom stereocenters. The van der Waals surface area contributed by atoms with E-state index in [1.165, 1.54) is 0 Å². The van der Waals surface area contributed by atoms with Crippen LogP contribution in [-0.2, 0) is 16.0 Å². The molecular weight excluding hydrogens is 390 g/mol. The number of hydrogen-bond donors (Lipinski definition) is 1. The second-order valence-electron chi connectivity index (χ2n) is 7.00. The van der Waals surface area contributed by atoms with Crippen LogP contribution in [0.4, 0.5) is 5.69 Å². The van der Waals surface area contributed by atoms with Crippen LogP contribution in [-0.4, -0.2) is 61.4 Å². The summed E-state index contributed by atoms with van der Waals surface area (Å²) in [5.41, 5.74) is 1.66. The van der Waals surface area contributed by atoms with Crippen LogP contribution < -0.4 is 10.1 Å². The first-order valence-electron chi connectivity index (χ1n) is 9.73. The number of piperazine rings is 1. The predicted octanol–water partition coefficient (Wildman–Crippen LogP) is 3.06. The lowest BCUT2D eigenvalue weighted by atomic mass is 10.1. The summed E-state index contributed by atoms with van der Waals surface area (Å²) in [6, 6.07) is 14.9. The fourth-order valence-electron chi connectivity index (χ4n) is 3.42. The first-order valence-corrected chi connectivity index (χ1v) is 10.1. The van der Waals surface area contributed by atoms with E-state index in [0.29, 0.717) is 49.7 Å². The van der Waals surface area contributed by atoms with Gasteiger partial charge in [-0.05, 0) is 30.2 Å². The highest BCUT2D eigenvalue weighted by atomic mass is 35.5. The molecule has 3 rings (SSSR count). The van der Waals surface area contributed by atoms with Gasteiger partial charge >= 0.3 is 0 Å². The number of nitrogens with one attached hydrogen (secondary N) is 1. The molecule has 2 aromatic carbocycles. The molecule has 1 heterocycles. The highest BCUT2D eigenvalue weighted by Crippen LogP contribution is 2.21. The van der Waals surface area contributed by atoms with Crippen LogP contribution in [0.2, 0.25) is 5.02 Å². The fourth-order valence-corrected chi connectivity index (χ4v) is 3.60. The molecule has 1 N–H and O–H groups in total. The third-order valence-electron chi connectivity index (χ3n) is 5.04. The van der Waals surface area contributed by atoms with Crippen molar-refractivity contribution in [2.45, 2.75) is 12.8 Å². The van der Waals surface area contributed by atoms with Gasteiger partial charge in [0.05, 0.1) is 24.4 Å². The molecule has 0 aliphatic carbocycles. The average Bonchev–Trinajstić information content (AvgIpc) is 2.74. The minimum atomic E-state index is -0.103. The molecule has 6 nitrogen and oxygen atoms in total. The van der Waals surface area contributed by atoms with Gasteiger partial charge in [0, 0.05) is 32.6 Å². The Hall–Kier alpha value is -2.57. The van der Waals surface area contributed by atoms with Crippen LogP contribution in [0.3, 0.4) is 0 Å². The van der Waals surface area contributed by atoms with Crippen molar-refractivity contribution in [3.05, 3.63) is 59.1 Å². The van der Waals surface area contributed by atoms with Gasteiger partial charge in [0.25, 0.3) is 0 Å². The van der Waals surface area contributed by atoms with Gasteiger partial charge in [-0.15, -0.1) is 0 Å². The normalized spacial score (nSPS) is 14.5. The van der Waals surface area contributed by atoms with Gasteiger partial charge in [-0.3, -0.25) is 14.5 Å². The number of halogens is 1. The number of methoxy groups -OCH3 is 1. The topological polar surface area (TPSA) is 61.9 Å². The summed E-state index contributed by atoms with van der Waals surface area (Å²) >= 11 is 6.08. The first kappa shape index (κ1) is 21.1. The van der Waals surface area contributed by atoms with Crippen molar-refractivity contribution >= 4 is 29.1 Å². The Morgan fingerprint density at radius 3 is 2.45 bits per heavy atom. The molecule has 2 amide bonds. The van der Waals surface area contributed by atoms with Crippen LogP contribution >= 0.6 is 11.6 Å². The molecule has 0 aromatic heterocycles. The van der Waals surface area contributed by atoms with Crippen LogP contribution in [0.5, 0.6) is 5.75 Å². The smallest absolute Gasteiger partial charge is 0.238 e. The second kappa shape index (κ2) is 10.3. The van der Waals surface area contributed by atoms with Gasteiger partial charge < -0.3 is 15.0 Å². The van der Waals surface area contributed by atoms with Crippen LogP contribution in [0.15, 0.2) is 48.5 Å². The number of aryl methyl sites for hydroxylation is 1. The molecule has 0 spiro atoms. The number of amides is 2. The minimum absolute atomic E-state index is 0.103. The Balaban J connectivity index is 1.42. The molecule has 1 aliphatic heterocycles. The molecule has 2 aromatic rings. The van der Waals surface area contributed by atoms with Crippen molar-refractivity contribution in [3.63, 3.8) is 0 Å². The van der Waals surface area contributed by atoms with E-state index in [9.17, 15) is 9.59 Å². The number of rotatable bonds is 7. The molecule has 1 aliphatic rings. The van der Waals surface area contributed by atoms with E-state index < -0.39 is 0 Å². The third kappa shape index (κ3) is 5.95. The van der Waals surface area contributed by atoms with E-state index in [1.807, 2.05) is 41.3 Å². The van der Waals surface area contributed by atoms with E-state index in [1.54, 1.807) is 19.2 Å². The molecule has 7 heteroatoms. The number of carbonyl (C=O) groups is 2. The van der Waals surface area contributed by atoms with Crippen molar-refractivity contribution in [2.75, 3.05) is 45.2 Å². The number of ether oxygens (including phenoxy) is 1. The van der Waals surface area contributed by atoms with E-state index in [2.05, 4.69) is 10.2 Å².